The normalized spacial score (nSPS) is 9.14. The van der Waals surface area contributed by atoms with Gasteiger partial charge in [0.15, 0.2) is 0 Å². The molecule has 0 unspecified atom stereocenters. The predicted molar refractivity (Wildman–Crippen MR) is 60.8 cm³/mol. The zero-order valence-corrected chi connectivity index (χ0v) is 8.20. The molecule has 2 nitrogen and oxygen atoms in total. The van der Waals surface area contributed by atoms with Gasteiger partial charge in [-0.15, -0.1) is 6.58 Å². The summed E-state index contributed by atoms with van der Waals surface area (Å²) < 4.78 is 5.35. The Bertz CT molecular complexity index is 259. The average Bonchev–Trinajstić information content (AvgIpc) is 2.25. The highest BCUT2D eigenvalue weighted by Gasteiger charge is 1.92. The Morgan fingerprint density at radius 3 is 2.43 bits per heavy atom. The summed E-state index contributed by atoms with van der Waals surface area (Å²) in [7, 11) is 0. The van der Waals surface area contributed by atoms with Gasteiger partial charge in [-0.05, 0) is 24.3 Å². The van der Waals surface area contributed by atoms with E-state index in [4.69, 9.17) is 4.74 Å². The van der Waals surface area contributed by atoms with Crippen molar-refractivity contribution in [2.24, 2.45) is 0 Å². The lowest BCUT2D eigenvalue weighted by Gasteiger charge is -2.05. The molecule has 0 aromatic heterocycles. The zero-order chi connectivity index (χ0) is 10.2. The van der Waals surface area contributed by atoms with Crippen molar-refractivity contribution in [2.75, 3.05) is 18.5 Å². The molecule has 74 valence electrons. The van der Waals surface area contributed by atoms with Crippen molar-refractivity contribution in [3.63, 3.8) is 0 Å². The van der Waals surface area contributed by atoms with Crippen LogP contribution in [0.15, 0.2) is 49.6 Å². The van der Waals surface area contributed by atoms with Crippen LogP contribution in [0.2, 0.25) is 0 Å². The SMILES string of the molecule is C=CCNc1ccc(OCC=C)cc1. The van der Waals surface area contributed by atoms with Gasteiger partial charge in [0.1, 0.15) is 12.4 Å². The number of hydrogen-bond acceptors (Lipinski definition) is 2. The van der Waals surface area contributed by atoms with Gasteiger partial charge in [-0.2, -0.15) is 0 Å². The van der Waals surface area contributed by atoms with Gasteiger partial charge < -0.3 is 10.1 Å². The van der Waals surface area contributed by atoms with Crippen molar-refractivity contribution in [3.05, 3.63) is 49.6 Å². The van der Waals surface area contributed by atoms with Crippen LogP contribution in [-0.4, -0.2) is 13.2 Å². The minimum Gasteiger partial charge on any atom is -0.490 e. The van der Waals surface area contributed by atoms with Gasteiger partial charge in [0.2, 0.25) is 0 Å². The van der Waals surface area contributed by atoms with Crippen LogP contribution in [0.4, 0.5) is 5.69 Å². The molecule has 1 rings (SSSR count). The molecule has 0 bridgehead atoms. The van der Waals surface area contributed by atoms with E-state index in [0.29, 0.717) is 6.61 Å². The van der Waals surface area contributed by atoms with Crippen LogP contribution in [0.5, 0.6) is 5.75 Å². The average molecular weight is 189 g/mol. The van der Waals surface area contributed by atoms with E-state index in [1.165, 1.54) is 0 Å². The molecule has 0 radical (unpaired) electrons. The van der Waals surface area contributed by atoms with E-state index < -0.39 is 0 Å². The van der Waals surface area contributed by atoms with Crippen molar-refractivity contribution < 1.29 is 4.74 Å². The molecular formula is C12H15NO. The Labute approximate surface area is 84.9 Å². The molecule has 0 spiro atoms. The second-order valence-electron chi connectivity index (χ2n) is 2.79. The molecule has 0 aliphatic carbocycles. The van der Waals surface area contributed by atoms with Gasteiger partial charge in [-0.3, -0.25) is 0 Å². The fourth-order valence-electron chi connectivity index (χ4n) is 1.01. The van der Waals surface area contributed by atoms with Gasteiger partial charge in [0, 0.05) is 12.2 Å². The van der Waals surface area contributed by atoms with E-state index >= 15 is 0 Å². The molecule has 0 heterocycles. The Balaban J connectivity index is 2.49. The first kappa shape index (κ1) is 10.4. The van der Waals surface area contributed by atoms with E-state index in [0.717, 1.165) is 18.0 Å². The van der Waals surface area contributed by atoms with Crippen LogP contribution in [0.1, 0.15) is 0 Å². The summed E-state index contributed by atoms with van der Waals surface area (Å²) in [6.07, 6.45) is 3.55. The van der Waals surface area contributed by atoms with Crippen LogP contribution >= 0.6 is 0 Å². The van der Waals surface area contributed by atoms with Crippen LogP contribution in [0, 0.1) is 0 Å². The summed E-state index contributed by atoms with van der Waals surface area (Å²) in [4.78, 5) is 0. The third-order valence-electron chi connectivity index (χ3n) is 1.67. The Hall–Kier alpha value is -1.70. The second-order valence-corrected chi connectivity index (χ2v) is 2.79. The zero-order valence-electron chi connectivity index (χ0n) is 8.20. The van der Waals surface area contributed by atoms with E-state index in [1.54, 1.807) is 6.08 Å². The highest BCUT2D eigenvalue weighted by Crippen LogP contribution is 2.15. The minimum absolute atomic E-state index is 0.541. The van der Waals surface area contributed by atoms with Crippen molar-refractivity contribution >= 4 is 5.69 Å². The molecule has 1 aromatic carbocycles. The number of anilines is 1. The summed E-state index contributed by atoms with van der Waals surface area (Å²) in [5.74, 6) is 0.856. The first-order chi connectivity index (χ1) is 6.86. The van der Waals surface area contributed by atoms with Crippen molar-refractivity contribution in [3.8, 4) is 5.75 Å². The summed E-state index contributed by atoms with van der Waals surface area (Å²) in [5.41, 5.74) is 1.07. The summed E-state index contributed by atoms with van der Waals surface area (Å²) in [6, 6.07) is 7.80. The third-order valence-corrected chi connectivity index (χ3v) is 1.67. The standard InChI is InChI=1S/C12H15NO/c1-3-9-13-11-5-7-12(8-6-11)14-10-4-2/h3-8,13H,1-2,9-10H2. The lowest BCUT2D eigenvalue weighted by atomic mass is 10.3. The van der Waals surface area contributed by atoms with Gasteiger partial charge >= 0.3 is 0 Å². The van der Waals surface area contributed by atoms with Crippen LogP contribution in [0.25, 0.3) is 0 Å². The Morgan fingerprint density at radius 1 is 1.14 bits per heavy atom. The number of nitrogens with one attached hydrogen (secondary N) is 1. The maximum Gasteiger partial charge on any atom is 0.119 e. The molecule has 0 fully saturated rings. The monoisotopic (exact) mass is 189 g/mol. The fourth-order valence-corrected chi connectivity index (χ4v) is 1.01. The summed E-state index contributed by atoms with van der Waals surface area (Å²) in [5, 5.41) is 3.18. The van der Waals surface area contributed by atoms with Gasteiger partial charge in [0.25, 0.3) is 0 Å². The Kier molecular flexibility index (Phi) is 4.35. The number of hydrogen-bond donors (Lipinski definition) is 1. The van der Waals surface area contributed by atoms with Crippen LogP contribution in [-0.2, 0) is 0 Å². The molecule has 0 aliphatic rings. The molecule has 0 saturated heterocycles. The van der Waals surface area contributed by atoms with Crippen LogP contribution < -0.4 is 10.1 Å². The molecule has 14 heavy (non-hydrogen) atoms. The second kappa shape index (κ2) is 5.86. The van der Waals surface area contributed by atoms with Crippen molar-refractivity contribution in [1.29, 1.82) is 0 Å². The lowest BCUT2D eigenvalue weighted by molar-refractivity contribution is 0.363. The highest BCUT2D eigenvalue weighted by molar-refractivity contribution is 5.46. The number of rotatable bonds is 6. The smallest absolute Gasteiger partial charge is 0.119 e. The van der Waals surface area contributed by atoms with Gasteiger partial charge in [0.05, 0.1) is 0 Å². The minimum atomic E-state index is 0.541. The topological polar surface area (TPSA) is 21.3 Å². The van der Waals surface area contributed by atoms with E-state index in [-0.39, 0.29) is 0 Å². The molecule has 1 aromatic rings. The number of ether oxygens (including phenoxy) is 1. The van der Waals surface area contributed by atoms with E-state index in [9.17, 15) is 0 Å². The van der Waals surface area contributed by atoms with Gasteiger partial charge in [-0.1, -0.05) is 18.7 Å². The molecule has 0 aliphatic heterocycles. The first-order valence-electron chi connectivity index (χ1n) is 4.55. The molecule has 2 heteroatoms. The van der Waals surface area contributed by atoms with E-state index in [1.807, 2.05) is 30.3 Å². The predicted octanol–water partition coefficient (Wildman–Crippen LogP) is 2.85. The Morgan fingerprint density at radius 2 is 1.86 bits per heavy atom. The first-order valence-corrected chi connectivity index (χ1v) is 4.55. The summed E-state index contributed by atoms with van der Waals surface area (Å²) >= 11 is 0. The maximum absolute atomic E-state index is 5.35. The molecule has 0 saturated carbocycles. The largest absolute Gasteiger partial charge is 0.490 e. The van der Waals surface area contributed by atoms with Gasteiger partial charge in [-0.25, -0.2) is 0 Å². The quantitative estimate of drug-likeness (QED) is 0.695. The molecule has 0 atom stereocenters. The lowest BCUT2D eigenvalue weighted by Crippen LogP contribution is -1.97. The number of benzene rings is 1. The van der Waals surface area contributed by atoms with Crippen molar-refractivity contribution in [2.45, 2.75) is 0 Å². The van der Waals surface area contributed by atoms with Crippen molar-refractivity contribution in [1.82, 2.24) is 0 Å². The molecule has 0 amide bonds. The summed E-state index contributed by atoms with van der Waals surface area (Å²) in [6.45, 7) is 8.53. The van der Waals surface area contributed by atoms with E-state index in [2.05, 4.69) is 18.5 Å². The molecular weight excluding hydrogens is 174 g/mol. The molecule has 1 N–H and O–H groups in total. The highest BCUT2D eigenvalue weighted by atomic mass is 16.5. The third kappa shape index (κ3) is 3.35. The fraction of sp³-hybridized carbons (Fsp3) is 0.167. The van der Waals surface area contributed by atoms with Crippen LogP contribution in [0.3, 0.4) is 0 Å². The maximum atomic E-state index is 5.35.